The third-order valence-electron chi connectivity index (χ3n) is 3.93. The fourth-order valence-electron chi connectivity index (χ4n) is 3.01. The van der Waals surface area contributed by atoms with Gasteiger partial charge in [-0.3, -0.25) is 4.79 Å². The van der Waals surface area contributed by atoms with E-state index in [9.17, 15) is 9.18 Å². The maximum Gasteiger partial charge on any atom is 0.414 e. The molecule has 0 bridgehead atoms. The van der Waals surface area contributed by atoms with Crippen LogP contribution in [-0.2, 0) is 14.4 Å². The minimum atomic E-state index is -1.82. The number of carbonyl (C=O) groups excluding carboxylic acids is 1. The number of carboxylic acid groups (broad SMARTS) is 2. The maximum atomic E-state index is 13.4. The highest BCUT2D eigenvalue weighted by molar-refractivity contribution is 6.27. The Morgan fingerprint density at radius 3 is 2.15 bits per heavy atom. The van der Waals surface area contributed by atoms with Crippen LogP contribution in [0.3, 0.4) is 0 Å². The predicted octanol–water partition coefficient (Wildman–Crippen LogP) is 2.29. The van der Waals surface area contributed by atoms with Gasteiger partial charge in [-0.05, 0) is 30.4 Å². The Morgan fingerprint density at radius 2 is 1.65 bits per heavy atom. The van der Waals surface area contributed by atoms with Gasteiger partial charge in [-0.15, -0.1) is 0 Å². The first kappa shape index (κ1) is 21.6. The smallest absolute Gasteiger partial charge is 0.414 e. The average molecular weight is 368 g/mol. The molecule has 0 saturated carbocycles. The van der Waals surface area contributed by atoms with Crippen LogP contribution >= 0.6 is 0 Å². The van der Waals surface area contributed by atoms with Crippen molar-refractivity contribution >= 4 is 23.5 Å². The molecule has 1 fully saturated rings. The summed E-state index contributed by atoms with van der Waals surface area (Å²) in [6.45, 7) is 7.35. The van der Waals surface area contributed by atoms with Gasteiger partial charge >= 0.3 is 11.9 Å². The number of carbonyl (C=O) groups is 3. The molecule has 0 radical (unpaired) electrons. The van der Waals surface area contributed by atoms with Gasteiger partial charge in [0.05, 0.1) is 5.69 Å². The molecule has 1 saturated heterocycles. The van der Waals surface area contributed by atoms with Crippen molar-refractivity contribution in [1.29, 1.82) is 0 Å². The van der Waals surface area contributed by atoms with Crippen LogP contribution < -0.4 is 5.32 Å². The van der Waals surface area contributed by atoms with Crippen molar-refractivity contribution in [2.45, 2.75) is 26.7 Å². The summed E-state index contributed by atoms with van der Waals surface area (Å²) in [5.41, 5.74) is 0.262. The van der Waals surface area contributed by atoms with Crippen LogP contribution in [0.2, 0.25) is 0 Å². The van der Waals surface area contributed by atoms with E-state index in [1.807, 2.05) is 0 Å². The van der Waals surface area contributed by atoms with Gasteiger partial charge in [-0.25, -0.2) is 14.0 Å². The number of hydrogen-bond acceptors (Lipinski definition) is 4. The second kappa shape index (κ2) is 10.5. The predicted molar refractivity (Wildman–Crippen MR) is 94.3 cm³/mol. The molecular formula is C18H25FN2O5. The van der Waals surface area contributed by atoms with E-state index in [4.69, 9.17) is 19.8 Å². The lowest BCUT2D eigenvalue weighted by atomic mass is 9.92. The van der Waals surface area contributed by atoms with Crippen molar-refractivity contribution in [2.75, 3.05) is 25.0 Å². The molecule has 1 heterocycles. The summed E-state index contributed by atoms with van der Waals surface area (Å²) < 4.78 is 13.4. The number of aliphatic carboxylic acids is 2. The standard InChI is InChI=1S/C16H23FN2O.C2H2O4/c1-12-9-13(2)11-19(10-12)8-7-16(20)18-15-6-4-3-5-14(15)17;3-1(4)2(5)6/h3-6,12-13H,7-11H2,1-2H3,(H,18,20);(H,3,4)(H,5,6). The van der Waals surface area contributed by atoms with Crippen molar-refractivity contribution in [2.24, 2.45) is 11.8 Å². The Morgan fingerprint density at radius 1 is 1.12 bits per heavy atom. The zero-order valence-electron chi connectivity index (χ0n) is 14.9. The lowest BCUT2D eigenvalue weighted by Gasteiger charge is -2.34. The summed E-state index contributed by atoms with van der Waals surface area (Å²) in [7, 11) is 0. The van der Waals surface area contributed by atoms with Crippen molar-refractivity contribution in [1.82, 2.24) is 4.90 Å². The molecule has 144 valence electrons. The van der Waals surface area contributed by atoms with Gasteiger partial charge in [-0.1, -0.05) is 26.0 Å². The molecule has 1 aliphatic rings. The Kier molecular flexibility index (Phi) is 8.71. The molecule has 26 heavy (non-hydrogen) atoms. The lowest BCUT2D eigenvalue weighted by Crippen LogP contribution is -2.40. The van der Waals surface area contributed by atoms with Crippen molar-refractivity contribution in [3.05, 3.63) is 30.1 Å². The van der Waals surface area contributed by atoms with Gasteiger partial charge in [0.25, 0.3) is 0 Å². The SMILES string of the molecule is CC1CC(C)CN(CCC(=O)Nc2ccccc2F)C1.O=C(O)C(=O)O. The fourth-order valence-corrected chi connectivity index (χ4v) is 3.01. The summed E-state index contributed by atoms with van der Waals surface area (Å²) in [6, 6.07) is 6.26. The lowest BCUT2D eigenvalue weighted by molar-refractivity contribution is -0.159. The molecule has 0 aromatic heterocycles. The van der Waals surface area contributed by atoms with Crippen LogP contribution in [0, 0.1) is 17.7 Å². The number of nitrogens with one attached hydrogen (secondary N) is 1. The second-order valence-corrected chi connectivity index (χ2v) is 6.59. The van der Waals surface area contributed by atoms with Crippen LogP contribution in [0.15, 0.2) is 24.3 Å². The number of anilines is 1. The van der Waals surface area contributed by atoms with Crippen LogP contribution in [0.25, 0.3) is 0 Å². The van der Waals surface area contributed by atoms with Gasteiger partial charge in [-0.2, -0.15) is 0 Å². The number of amides is 1. The van der Waals surface area contributed by atoms with Crippen LogP contribution in [0.1, 0.15) is 26.7 Å². The van der Waals surface area contributed by atoms with Gasteiger partial charge < -0.3 is 20.4 Å². The quantitative estimate of drug-likeness (QED) is 0.704. The Labute approximate surface area is 151 Å². The largest absolute Gasteiger partial charge is 0.473 e. The Hall–Kier alpha value is -2.48. The van der Waals surface area contributed by atoms with E-state index in [1.165, 1.54) is 12.5 Å². The molecule has 1 amide bonds. The summed E-state index contributed by atoms with van der Waals surface area (Å²) in [6.07, 6.45) is 1.67. The molecule has 2 atom stereocenters. The summed E-state index contributed by atoms with van der Waals surface area (Å²) in [4.78, 5) is 32.4. The van der Waals surface area contributed by atoms with Crippen LogP contribution in [-0.4, -0.2) is 52.6 Å². The molecule has 2 rings (SSSR count). The first-order chi connectivity index (χ1) is 12.2. The monoisotopic (exact) mass is 368 g/mol. The van der Waals surface area contributed by atoms with Crippen molar-refractivity contribution in [3.63, 3.8) is 0 Å². The molecule has 1 aromatic carbocycles. The zero-order chi connectivity index (χ0) is 19.7. The van der Waals surface area contributed by atoms with E-state index in [1.54, 1.807) is 18.2 Å². The fraction of sp³-hybridized carbons (Fsp3) is 0.500. The van der Waals surface area contributed by atoms with E-state index >= 15 is 0 Å². The normalized spacial score (nSPS) is 19.8. The number of nitrogens with zero attached hydrogens (tertiary/aromatic N) is 1. The molecule has 3 N–H and O–H groups in total. The molecule has 1 aromatic rings. The third kappa shape index (κ3) is 8.06. The van der Waals surface area contributed by atoms with Gasteiger partial charge in [0.2, 0.25) is 5.91 Å². The number of hydrogen-bond donors (Lipinski definition) is 3. The molecule has 0 aliphatic carbocycles. The summed E-state index contributed by atoms with van der Waals surface area (Å²) in [5, 5.41) is 17.4. The molecule has 8 heteroatoms. The molecule has 7 nitrogen and oxygen atoms in total. The minimum Gasteiger partial charge on any atom is -0.473 e. The third-order valence-corrected chi connectivity index (χ3v) is 3.93. The number of benzene rings is 1. The van der Waals surface area contributed by atoms with E-state index in [2.05, 4.69) is 24.1 Å². The van der Waals surface area contributed by atoms with E-state index in [0.717, 1.165) is 19.6 Å². The summed E-state index contributed by atoms with van der Waals surface area (Å²) in [5.74, 6) is -2.78. The highest BCUT2D eigenvalue weighted by Crippen LogP contribution is 2.21. The van der Waals surface area contributed by atoms with Crippen molar-refractivity contribution < 1.29 is 29.0 Å². The second-order valence-electron chi connectivity index (χ2n) is 6.59. The number of para-hydroxylation sites is 1. The zero-order valence-corrected chi connectivity index (χ0v) is 14.9. The number of carboxylic acids is 2. The highest BCUT2D eigenvalue weighted by atomic mass is 19.1. The number of halogens is 1. The van der Waals surface area contributed by atoms with Crippen LogP contribution in [0.4, 0.5) is 10.1 Å². The molecule has 2 unspecified atom stereocenters. The molecule has 0 spiro atoms. The van der Waals surface area contributed by atoms with Gasteiger partial charge in [0.1, 0.15) is 5.82 Å². The van der Waals surface area contributed by atoms with E-state index in [-0.39, 0.29) is 17.4 Å². The van der Waals surface area contributed by atoms with Gasteiger partial charge in [0.15, 0.2) is 0 Å². The highest BCUT2D eigenvalue weighted by Gasteiger charge is 2.21. The Balaban J connectivity index is 0.000000487. The van der Waals surface area contributed by atoms with Crippen LogP contribution in [0.5, 0.6) is 0 Å². The first-order valence-corrected chi connectivity index (χ1v) is 8.42. The Bertz CT molecular complexity index is 616. The topological polar surface area (TPSA) is 107 Å². The molecular weight excluding hydrogens is 343 g/mol. The average Bonchev–Trinajstić information content (AvgIpc) is 2.55. The molecule has 1 aliphatic heterocycles. The number of rotatable bonds is 4. The van der Waals surface area contributed by atoms with Gasteiger partial charge in [0, 0.05) is 26.1 Å². The van der Waals surface area contributed by atoms with E-state index < -0.39 is 11.9 Å². The minimum absolute atomic E-state index is 0.124. The number of piperidine rings is 1. The van der Waals surface area contributed by atoms with E-state index in [0.29, 0.717) is 18.3 Å². The number of likely N-dealkylation sites (tertiary alicyclic amines) is 1. The summed E-state index contributed by atoms with van der Waals surface area (Å²) >= 11 is 0. The first-order valence-electron chi connectivity index (χ1n) is 8.42. The van der Waals surface area contributed by atoms with Crippen molar-refractivity contribution in [3.8, 4) is 0 Å². The maximum absolute atomic E-state index is 13.4.